The van der Waals surface area contributed by atoms with Gasteiger partial charge < -0.3 is 9.47 Å². The lowest BCUT2D eigenvalue weighted by molar-refractivity contribution is -0.136. The van der Waals surface area contributed by atoms with Crippen LogP contribution in [-0.2, 0) is 11.3 Å². The number of carbonyl (C=O) groups excluding carboxylic acids is 1. The van der Waals surface area contributed by atoms with Crippen LogP contribution < -0.4 is 0 Å². The molecule has 1 amide bonds. The average Bonchev–Trinajstić information content (AvgIpc) is 3.03. The Morgan fingerprint density at radius 1 is 1.41 bits per heavy atom. The molecule has 1 fully saturated rings. The SMILES string of the molecule is Cc1nccn1CCCN(C)C(=O)[C@@H](C)N1[C@H](C)CC[C@@H]1C. The Bertz CT molecular complexity index is 489. The van der Waals surface area contributed by atoms with Crippen LogP contribution in [0.3, 0.4) is 0 Å². The van der Waals surface area contributed by atoms with Crippen LogP contribution in [0.4, 0.5) is 0 Å². The second kappa shape index (κ2) is 7.27. The van der Waals surface area contributed by atoms with Crippen LogP contribution in [0.5, 0.6) is 0 Å². The molecule has 5 nitrogen and oxygen atoms in total. The maximum Gasteiger partial charge on any atom is 0.239 e. The van der Waals surface area contributed by atoms with Crippen molar-refractivity contribution in [1.29, 1.82) is 0 Å². The predicted octanol–water partition coefficient (Wildman–Crippen LogP) is 2.30. The van der Waals surface area contributed by atoms with E-state index in [1.807, 2.05) is 31.3 Å². The molecule has 1 aromatic rings. The summed E-state index contributed by atoms with van der Waals surface area (Å²) in [5, 5.41) is 0. The Kier molecular flexibility index (Phi) is 5.62. The van der Waals surface area contributed by atoms with E-state index in [1.165, 1.54) is 12.8 Å². The topological polar surface area (TPSA) is 41.4 Å². The highest BCUT2D eigenvalue weighted by Gasteiger charge is 2.35. The molecular weight excluding hydrogens is 276 g/mol. The van der Waals surface area contributed by atoms with Crippen molar-refractivity contribution in [3.63, 3.8) is 0 Å². The number of aryl methyl sites for hydroxylation is 2. The van der Waals surface area contributed by atoms with Gasteiger partial charge in [-0.3, -0.25) is 9.69 Å². The molecule has 1 aliphatic heterocycles. The number of amides is 1. The van der Waals surface area contributed by atoms with Gasteiger partial charge in [0, 0.05) is 44.6 Å². The molecule has 0 spiro atoms. The number of hydrogen-bond donors (Lipinski definition) is 0. The molecule has 0 aromatic carbocycles. The average molecular weight is 306 g/mol. The molecule has 1 aliphatic rings. The van der Waals surface area contributed by atoms with E-state index < -0.39 is 0 Å². The van der Waals surface area contributed by atoms with Crippen LogP contribution in [0, 0.1) is 6.92 Å². The fourth-order valence-electron chi connectivity index (χ4n) is 3.65. The van der Waals surface area contributed by atoms with Crippen molar-refractivity contribution in [3.05, 3.63) is 18.2 Å². The minimum Gasteiger partial charge on any atom is -0.344 e. The molecule has 22 heavy (non-hydrogen) atoms. The van der Waals surface area contributed by atoms with Gasteiger partial charge in [-0.05, 0) is 47.0 Å². The van der Waals surface area contributed by atoms with Crippen LogP contribution >= 0.6 is 0 Å². The Morgan fingerprint density at radius 2 is 2.05 bits per heavy atom. The molecule has 0 aliphatic carbocycles. The number of nitrogens with zero attached hydrogens (tertiary/aromatic N) is 4. The molecule has 124 valence electrons. The summed E-state index contributed by atoms with van der Waals surface area (Å²) in [6, 6.07) is 0.999. The maximum atomic E-state index is 12.6. The largest absolute Gasteiger partial charge is 0.344 e. The van der Waals surface area contributed by atoms with E-state index in [4.69, 9.17) is 0 Å². The Hall–Kier alpha value is -1.36. The van der Waals surface area contributed by atoms with Gasteiger partial charge >= 0.3 is 0 Å². The Morgan fingerprint density at radius 3 is 2.59 bits per heavy atom. The highest BCUT2D eigenvalue weighted by molar-refractivity contribution is 5.81. The molecule has 2 rings (SSSR count). The quantitative estimate of drug-likeness (QED) is 0.810. The molecule has 3 atom stereocenters. The summed E-state index contributed by atoms with van der Waals surface area (Å²) in [6.07, 6.45) is 7.16. The summed E-state index contributed by atoms with van der Waals surface area (Å²) >= 11 is 0. The third-order valence-corrected chi connectivity index (χ3v) is 5.02. The van der Waals surface area contributed by atoms with Gasteiger partial charge in [0.1, 0.15) is 5.82 Å². The van der Waals surface area contributed by atoms with Gasteiger partial charge in [-0.25, -0.2) is 4.98 Å². The van der Waals surface area contributed by atoms with Gasteiger partial charge in [0.15, 0.2) is 0 Å². The van der Waals surface area contributed by atoms with E-state index in [0.29, 0.717) is 12.1 Å². The van der Waals surface area contributed by atoms with Crippen LogP contribution in [0.15, 0.2) is 12.4 Å². The maximum absolute atomic E-state index is 12.6. The number of carbonyl (C=O) groups is 1. The van der Waals surface area contributed by atoms with Gasteiger partial charge in [-0.1, -0.05) is 0 Å². The number of likely N-dealkylation sites (N-methyl/N-ethyl adjacent to an activating group) is 1. The highest BCUT2D eigenvalue weighted by atomic mass is 16.2. The zero-order valence-electron chi connectivity index (χ0n) is 14.6. The smallest absolute Gasteiger partial charge is 0.239 e. The summed E-state index contributed by atoms with van der Waals surface area (Å²) in [5.74, 6) is 1.27. The van der Waals surface area contributed by atoms with Crippen molar-refractivity contribution in [1.82, 2.24) is 19.4 Å². The number of aromatic nitrogens is 2. The normalized spacial score (nSPS) is 23.7. The summed E-state index contributed by atoms with van der Waals surface area (Å²) < 4.78 is 2.13. The van der Waals surface area contributed by atoms with Crippen LogP contribution in [0.2, 0.25) is 0 Å². The molecular formula is C17H30N4O. The van der Waals surface area contributed by atoms with Gasteiger partial charge in [0.2, 0.25) is 5.91 Å². The molecule has 0 radical (unpaired) electrons. The van der Waals surface area contributed by atoms with Crippen molar-refractivity contribution >= 4 is 5.91 Å². The van der Waals surface area contributed by atoms with Crippen molar-refractivity contribution in [3.8, 4) is 0 Å². The predicted molar refractivity (Wildman–Crippen MR) is 88.7 cm³/mol. The molecule has 0 unspecified atom stereocenters. The lowest BCUT2D eigenvalue weighted by Crippen LogP contribution is -2.49. The molecule has 1 saturated heterocycles. The van der Waals surface area contributed by atoms with Crippen molar-refractivity contribution in [2.45, 2.75) is 71.6 Å². The summed E-state index contributed by atoms with van der Waals surface area (Å²) in [6.45, 7) is 10.2. The highest BCUT2D eigenvalue weighted by Crippen LogP contribution is 2.26. The van der Waals surface area contributed by atoms with Gasteiger partial charge in [-0.15, -0.1) is 0 Å². The molecule has 5 heteroatoms. The number of rotatable bonds is 6. The third kappa shape index (κ3) is 3.69. The van der Waals surface area contributed by atoms with E-state index >= 15 is 0 Å². The lowest BCUT2D eigenvalue weighted by Gasteiger charge is -2.34. The van der Waals surface area contributed by atoms with E-state index in [-0.39, 0.29) is 11.9 Å². The number of imidazole rings is 1. The molecule has 2 heterocycles. The van der Waals surface area contributed by atoms with Crippen molar-refractivity contribution in [2.24, 2.45) is 0 Å². The Balaban J connectivity index is 1.82. The van der Waals surface area contributed by atoms with E-state index in [0.717, 1.165) is 25.3 Å². The lowest BCUT2D eigenvalue weighted by atomic mass is 10.2. The Labute approximate surface area is 134 Å². The van der Waals surface area contributed by atoms with E-state index in [2.05, 4.69) is 35.2 Å². The van der Waals surface area contributed by atoms with Crippen molar-refractivity contribution in [2.75, 3.05) is 13.6 Å². The summed E-state index contributed by atoms with van der Waals surface area (Å²) in [5.41, 5.74) is 0. The minimum atomic E-state index is -0.0209. The zero-order valence-corrected chi connectivity index (χ0v) is 14.6. The van der Waals surface area contributed by atoms with Gasteiger partial charge in [0.25, 0.3) is 0 Å². The first-order valence-corrected chi connectivity index (χ1v) is 8.42. The molecule has 0 N–H and O–H groups in total. The standard InChI is InChI=1S/C17H30N4O/c1-13-7-8-14(2)21(13)15(3)17(22)19(5)10-6-11-20-12-9-18-16(20)4/h9,12-15H,6-8,10-11H2,1-5H3/t13-,14+,15-/m1/s1. The van der Waals surface area contributed by atoms with E-state index in [1.54, 1.807) is 0 Å². The zero-order chi connectivity index (χ0) is 16.3. The summed E-state index contributed by atoms with van der Waals surface area (Å²) in [4.78, 5) is 21.1. The molecule has 0 saturated carbocycles. The first kappa shape index (κ1) is 17.0. The number of likely N-dealkylation sites (tertiary alicyclic amines) is 1. The molecule has 0 bridgehead atoms. The second-order valence-electron chi connectivity index (χ2n) is 6.68. The minimum absolute atomic E-state index is 0.0209. The monoisotopic (exact) mass is 306 g/mol. The summed E-state index contributed by atoms with van der Waals surface area (Å²) in [7, 11) is 1.92. The van der Waals surface area contributed by atoms with Crippen LogP contribution in [0.1, 0.15) is 45.9 Å². The van der Waals surface area contributed by atoms with E-state index in [9.17, 15) is 4.79 Å². The first-order chi connectivity index (χ1) is 10.4. The molecule has 1 aromatic heterocycles. The van der Waals surface area contributed by atoms with Crippen molar-refractivity contribution < 1.29 is 4.79 Å². The fraction of sp³-hybridized carbons (Fsp3) is 0.765. The first-order valence-electron chi connectivity index (χ1n) is 8.42. The van der Waals surface area contributed by atoms with Gasteiger partial charge in [-0.2, -0.15) is 0 Å². The van der Waals surface area contributed by atoms with Crippen LogP contribution in [0.25, 0.3) is 0 Å². The van der Waals surface area contributed by atoms with Gasteiger partial charge in [0.05, 0.1) is 6.04 Å². The number of hydrogen-bond acceptors (Lipinski definition) is 3. The third-order valence-electron chi connectivity index (χ3n) is 5.02. The second-order valence-corrected chi connectivity index (χ2v) is 6.68. The van der Waals surface area contributed by atoms with Crippen LogP contribution in [-0.4, -0.2) is 57.0 Å². The fourth-order valence-corrected chi connectivity index (χ4v) is 3.65.